The topological polar surface area (TPSA) is 121 Å². The van der Waals surface area contributed by atoms with Gasteiger partial charge >= 0.3 is 11.9 Å². The normalized spacial score (nSPS) is 12.0. The van der Waals surface area contributed by atoms with E-state index in [1.807, 2.05) is 38.1 Å². The van der Waals surface area contributed by atoms with E-state index in [2.05, 4.69) is 15.3 Å². The van der Waals surface area contributed by atoms with E-state index < -0.39 is 18.0 Å². The monoisotopic (exact) mass is 409 g/mol. The van der Waals surface area contributed by atoms with E-state index in [1.54, 1.807) is 6.20 Å². The van der Waals surface area contributed by atoms with Crippen molar-refractivity contribution in [2.24, 2.45) is 5.92 Å². The molecule has 8 heteroatoms. The van der Waals surface area contributed by atoms with Crippen molar-refractivity contribution < 1.29 is 24.2 Å². The number of H-pyrrole nitrogens is 1. The van der Waals surface area contributed by atoms with Gasteiger partial charge in [-0.2, -0.15) is 0 Å². The van der Waals surface area contributed by atoms with E-state index in [1.165, 1.54) is 18.3 Å². The molecule has 1 amide bonds. The number of benzene rings is 1. The third kappa shape index (κ3) is 5.02. The molecule has 1 aromatic carbocycles. The Labute approximate surface area is 173 Å². The van der Waals surface area contributed by atoms with Gasteiger partial charge in [0.05, 0.1) is 6.42 Å². The Morgan fingerprint density at radius 2 is 1.93 bits per heavy atom. The number of para-hydroxylation sites is 1. The lowest BCUT2D eigenvalue weighted by molar-refractivity contribution is -0.139. The zero-order valence-corrected chi connectivity index (χ0v) is 16.7. The van der Waals surface area contributed by atoms with Crippen LogP contribution in [0.1, 0.15) is 36.3 Å². The first-order chi connectivity index (χ1) is 14.3. The Kier molecular flexibility index (Phi) is 6.46. The van der Waals surface area contributed by atoms with Crippen molar-refractivity contribution in [1.82, 2.24) is 15.3 Å². The van der Waals surface area contributed by atoms with Crippen molar-refractivity contribution in [3.05, 3.63) is 60.0 Å². The van der Waals surface area contributed by atoms with Gasteiger partial charge in [0.15, 0.2) is 11.4 Å². The smallest absolute Gasteiger partial charge is 0.358 e. The van der Waals surface area contributed by atoms with Crippen LogP contribution in [0.5, 0.6) is 5.75 Å². The lowest BCUT2D eigenvalue weighted by atomic mass is 10.0. The lowest BCUT2D eigenvalue weighted by Gasteiger charge is -2.19. The fraction of sp³-hybridized carbons (Fsp3) is 0.273. The summed E-state index contributed by atoms with van der Waals surface area (Å²) in [4.78, 5) is 43.5. The number of carbonyl (C=O) groups excluding carboxylic acids is 2. The molecule has 0 aliphatic carbocycles. The first kappa shape index (κ1) is 21.0. The summed E-state index contributed by atoms with van der Waals surface area (Å²) in [5, 5.41) is 12.9. The van der Waals surface area contributed by atoms with Crippen LogP contribution < -0.4 is 10.1 Å². The molecule has 0 saturated heterocycles. The molecule has 0 unspecified atom stereocenters. The Hall–Kier alpha value is -3.68. The van der Waals surface area contributed by atoms with Crippen molar-refractivity contribution in [3.63, 3.8) is 0 Å². The number of fused-ring (bicyclic) bond motifs is 1. The Balaban J connectivity index is 1.73. The van der Waals surface area contributed by atoms with Gasteiger partial charge in [-0.1, -0.05) is 32.0 Å². The largest absolute Gasteiger partial charge is 0.476 e. The average Bonchev–Trinajstić information content (AvgIpc) is 3.10. The maximum absolute atomic E-state index is 12.7. The molecule has 156 valence electrons. The second-order valence-corrected chi connectivity index (χ2v) is 7.36. The Morgan fingerprint density at radius 3 is 2.67 bits per heavy atom. The van der Waals surface area contributed by atoms with Crippen molar-refractivity contribution in [1.29, 1.82) is 0 Å². The van der Waals surface area contributed by atoms with Gasteiger partial charge in [0.1, 0.15) is 6.04 Å². The second kappa shape index (κ2) is 9.21. The number of pyridine rings is 1. The van der Waals surface area contributed by atoms with Gasteiger partial charge in [-0.25, -0.2) is 14.6 Å². The SMILES string of the molecule is CC(C)C[C@H](NC(=O)Cc1c[nH]c2ccccc12)C(=O)Oc1cccnc1C(=O)O. The summed E-state index contributed by atoms with van der Waals surface area (Å²) in [6, 6.07) is 9.56. The number of hydrogen-bond donors (Lipinski definition) is 3. The number of carbonyl (C=O) groups is 3. The number of aromatic amines is 1. The zero-order chi connectivity index (χ0) is 21.7. The maximum Gasteiger partial charge on any atom is 0.358 e. The van der Waals surface area contributed by atoms with Crippen LogP contribution in [0.2, 0.25) is 0 Å². The molecule has 0 aliphatic rings. The van der Waals surface area contributed by atoms with Crippen LogP contribution >= 0.6 is 0 Å². The number of aromatic carboxylic acids is 1. The molecule has 0 spiro atoms. The van der Waals surface area contributed by atoms with Crippen LogP contribution in [-0.4, -0.2) is 39.0 Å². The molecule has 3 N–H and O–H groups in total. The van der Waals surface area contributed by atoms with Crippen LogP contribution in [0.25, 0.3) is 10.9 Å². The number of carboxylic acid groups (broad SMARTS) is 1. The first-order valence-electron chi connectivity index (χ1n) is 9.59. The summed E-state index contributed by atoms with van der Waals surface area (Å²) < 4.78 is 5.27. The maximum atomic E-state index is 12.7. The van der Waals surface area contributed by atoms with E-state index in [0.29, 0.717) is 6.42 Å². The number of amides is 1. The van der Waals surface area contributed by atoms with Crippen molar-refractivity contribution >= 4 is 28.7 Å². The van der Waals surface area contributed by atoms with E-state index >= 15 is 0 Å². The average molecular weight is 409 g/mol. The summed E-state index contributed by atoms with van der Waals surface area (Å²) in [6.07, 6.45) is 3.52. The summed E-state index contributed by atoms with van der Waals surface area (Å²) in [5.41, 5.74) is 1.38. The number of nitrogens with zero attached hydrogens (tertiary/aromatic N) is 1. The fourth-order valence-electron chi connectivity index (χ4n) is 3.19. The molecule has 0 bridgehead atoms. The molecule has 0 saturated carbocycles. The van der Waals surface area contributed by atoms with Crippen LogP contribution in [-0.2, 0) is 16.0 Å². The highest BCUT2D eigenvalue weighted by Crippen LogP contribution is 2.19. The number of ether oxygens (including phenoxy) is 1. The number of rotatable bonds is 8. The Bertz CT molecular complexity index is 1070. The summed E-state index contributed by atoms with van der Waals surface area (Å²) in [5.74, 6) is -2.42. The lowest BCUT2D eigenvalue weighted by Crippen LogP contribution is -2.44. The number of carboxylic acids is 1. The quantitative estimate of drug-likeness (QED) is 0.492. The highest BCUT2D eigenvalue weighted by Gasteiger charge is 2.26. The molecule has 0 radical (unpaired) electrons. The molecular formula is C22H23N3O5. The van der Waals surface area contributed by atoms with E-state index in [-0.39, 0.29) is 29.7 Å². The predicted molar refractivity (Wildman–Crippen MR) is 110 cm³/mol. The van der Waals surface area contributed by atoms with Gasteiger partial charge in [0.2, 0.25) is 5.91 Å². The first-order valence-corrected chi connectivity index (χ1v) is 9.59. The molecule has 0 aliphatic heterocycles. The van der Waals surface area contributed by atoms with Gasteiger partial charge in [0, 0.05) is 23.3 Å². The summed E-state index contributed by atoms with van der Waals surface area (Å²) >= 11 is 0. The van der Waals surface area contributed by atoms with Gasteiger partial charge in [-0.3, -0.25) is 4.79 Å². The predicted octanol–water partition coefficient (Wildman–Crippen LogP) is 2.94. The van der Waals surface area contributed by atoms with E-state index in [9.17, 15) is 19.5 Å². The molecule has 8 nitrogen and oxygen atoms in total. The van der Waals surface area contributed by atoms with Crippen LogP contribution in [0, 0.1) is 5.92 Å². The third-order valence-electron chi connectivity index (χ3n) is 4.54. The van der Waals surface area contributed by atoms with E-state index in [4.69, 9.17) is 4.74 Å². The number of esters is 1. The number of hydrogen-bond acceptors (Lipinski definition) is 5. The molecule has 2 heterocycles. The second-order valence-electron chi connectivity index (χ2n) is 7.36. The molecular weight excluding hydrogens is 386 g/mol. The van der Waals surface area contributed by atoms with Crippen molar-refractivity contribution in [2.45, 2.75) is 32.7 Å². The van der Waals surface area contributed by atoms with Crippen molar-refractivity contribution in [2.75, 3.05) is 0 Å². The molecule has 3 aromatic rings. The van der Waals surface area contributed by atoms with Gasteiger partial charge in [-0.05, 0) is 36.1 Å². The molecule has 2 aromatic heterocycles. The third-order valence-corrected chi connectivity index (χ3v) is 4.54. The summed E-state index contributed by atoms with van der Waals surface area (Å²) in [7, 11) is 0. The molecule has 1 atom stereocenters. The highest BCUT2D eigenvalue weighted by molar-refractivity contribution is 5.92. The van der Waals surface area contributed by atoms with Crippen LogP contribution in [0.15, 0.2) is 48.8 Å². The Morgan fingerprint density at radius 1 is 1.17 bits per heavy atom. The molecule has 30 heavy (non-hydrogen) atoms. The van der Waals surface area contributed by atoms with Crippen LogP contribution in [0.4, 0.5) is 0 Å². The fourth-order valence-corrected chi connectivity index (χ4v) is 3.19. The minimum absolute atomic E-state index is 0.0964. The van der Waals surface area contributed by atoms with Crippen molar-refractivity contribution in [3.8, 4) is 5.75 Å². The standard InChI is InChI=1S/C22H23N3O5/c1-13(2)10-17(22(29)30-18-8-5-9-23-20(18)21(27)28)25-19(26)11-14-12-24-16-7-4-3-6-15(14)16/h3-9,12-13,17,24H,10-11H2,1-2H3,(H,25,26)(H,27,28)/t17-/m0/s1. The summed E-state index contributed by atoms with van der Waals surface area (Å²) in [6.45, 7) is 3.83. The van der Waals surface area contributed by atoms with Gasteiger partial charge in [0.25, 0.3) is 0 Å². The minimum atomic E-state index is -1.30. The van der Waals surface area contributed by atoms with Gasteiger partial charge < -0.3 is 20.1 Å². The van der Waals surface area contributed by atoms with Crippen LogP contribution in [0.3, 0.4) is 0 Å². The minimum Gasteiger partial charge on any atom is -0.476 e. The number of aromatic nitrogens is 2. The number of nitrogens with one attached hydrogen (secondary N) is 2. The molecule has 3 rings (SSSR count). The van der Waals surface area contributed by atoms with Gasteiger partial charge in [-0.15, -0.1) is 0 Å². The molecule has 0 fully saturated rings. The highest BCUT2D eigenvalue weighted by atomic mass is 16.5. The van der Waals surface area contributed by atoms with E-state index in [0.717, 1.165) is 16.5 Å². The zero-order valence-electron chi connectivity index (χ0n) is 16.7.